The highest BCUT2D eigenvalue weighted by atomic mass is 35.5. The summed E-state index contributed by atoms with van der Waals surface area (Å²) in [6.07, 6.45) is -3.64. The highest BCUT2D eigenvalue weighted by molar-refractivity contribution is 6.32. The molecule has 1 N–H and O–H groups in total. The van der Waals surface area contributed by atoms with Crippen molar-refractivity contribution in [3.05, 3.63) is 68.2 Å². The highest BCUT2D eigenvalue weighted by Crippen LogP contribution is 2.36. The number of aromatic amines is 1. The number of nitrogens with zero attached hydrogens (tertiary/aromatic N) is 2. The van der Waals surface area contributed by atoms with Gasteiger partial charge in [0.1, 0.15) is 11.4 Å². The van der Waals surface area contributed by atoms with Crippen LogP contribution in [0.15, 0.2) is 41.3 Å². The predicted octanol–water partition coefficient (Wildman–Crippen LogP) is 5.26. The Balaban J connectivity index is 2.15. The predicted molar refractivity (Wildman–Crippen MR) is 94.4 cm³/mol. The van der Waals surface area contributed by atoms with Gasteiger partial charge in [-0.05, 0) is 36.8 Å². The fraction of sp³-hybridized carbons (Fsp3) is 0.118. The SMILES string of the molecule is Cc1ccc(Oc2c(C(F)(F)F)nc(-c3ncccc3Cl)[nH]c2=O)cc1Cl. The lowest BCUT2D eigenvalue weighted by Crippen LogP contribution is -2.21. The lowest BCUT2D eigenvalue weighted by Gasteiger charge is -2.14. The average molecular weight is 416 g/mol. The molecule has 3 aromatic rings. The van der Waals surface area contributed by atoms with Crippen LogP contribution in [-0.4, -0.2) is 15.0 Å². The lowest BCUT2D eigenvalue weighted by molar-refractivity contribution is -0.142. The third-order valence-electron chi connectivity index (χ3n) is 3.49. The van der Waals surface area contributed by atoms with Crippen LogP contribution in [0.3, 0.4) is 0 Å². The zero-order valence-electron chi connectivity index (χ0n) is 13.6. The van der Waals surface area contributed by atoms with Crippen LogP contribution in [0.2, 0.25) is 10.0 Å². The second-order valence-electron chi connectivity index (χ2n) is 5.44. The Morgan fingerprint density at radius 3 is 2.52 bits per heavy atom. The molecule has 27 heavy (non-hydrogen) atoms. The number of rotatable bonds is 3. The van der Waals surface area contributed by atoms with Crippen molar-refractivity contribution >= 4 is 23.2 Å². The van der Waals surface area contributed by atoms with Gasteiger partial charge in [0.2, 0.25) is 5.75 Å². The van der Waals surface area contributed by atoms with Gasteiger partial charge < -0.3 is 9.72 Å². The summed E-state index contributed by atoms with van der Waals surface area (Å²) in [4.78, 5) is 21.9. The van der Waals surface area contributed by atoms with E-state index in [1.54, 1.807) is 13.0 Å². The van der Waals surface area contributed by atoms with E-state index in [9.17, 15) is 18.0 Å². The number of pyridine rings is 1. The van der Waals surface area contributed by atoms with Crippen molar-refractivity contribution in [2.24, 2.45) is 0 Å². The molecule has 0 unspecified atom stereocenters. The highest BCUT2D eigenvalue weighted by Gasteiger charge is 2.39. The number of ether oxygens (including phenoxy) is 1. The van der Waals surface area contributed by atoms with Gasteiger partial charge in [0, 0.05) is 11.2 Å². The molecule has 0 amide bonds. The van der Waals surface area contributed by atoms with Crippen molar-refractivity contribution in [2.45, 2.75) is 13.1 Å². The quantitative estimate of drug-likeness (QED) is 0.633. The minimum absolute atomic E-state index is 0.0350. The van der Waals surface area contributed by atoms with Crippen molar-refractivity contribution in [1.29, 1.82) is 0 Å². The number of benzene rings is 1. The van der Waals surface area contributed by atoms with E-state index in [1.165, 1.54) is 30.5 Å². The number of nitrogens with one attached hydrogen (secondary N) is 1. The van der Waals surface area contributed by atoms with Gasteiger partial charge >= 0.3 is 6.18 Å². The van der Waals surface area contributed by atoms with Crippen LogP contribution in [0, 0.1) is 6.92 Å². The van der Waals surface area contributed by atoms with E-state index in [2.05, 4.69) is 15.0 Å². The van der Waals surface area contributed by atoms with Gasteiger partial charge in [-0.2, -0.15) is 13.2 Å². The number of aryl methyl sites for hydroxylation is 1. The van der Waals surface area contributed by atoms with Crippen LogP contribution in [0.25, 0.3) is 11.5 Å². The number of aromatic nitrogens is 3. The van der Waals surface area contributed by atoms with E-state index in [-0.39, 0.29) is 21.5 Å². The van der Waals surface area contributed by atoms with Crippen LogP contribution < -0.4 is 10.3 Å². The molecular weight excluding hydrogens is 406 g/mol. The van der Waals surface area contributed by atoms with E-state index >= 15 is 0 Å². The van der Waals surface area contributed by atoms with Crippen molar-refractivity contribution in [2.75, 3.05) is 0 Å². The van der Waals surface area contributed by atoms with Gasteiger partial charge in [0.15, 0.2) is 11.5 Å². The summed E-state index contributed by atoms with van der Waals surface area (Å²) in [7, 11) is 0. The summed E-state index contributed by atoms with van der Waals surface area (Å²) in [6.45, 7) is 1.72. The summed E-state index contributed by atoms with van der Waals surface area (Å²) in [5.74, 6) is -1.46. The fourth-order valence-corrected chi connectivity index (χ4v) is 2.56. The van der Waals surface area contributed by atoms with Crippen LogP contribution in [0.5, 0.6) is 11.5 Å². The van der Waals surface area contributed by atoms with Crippen molar-refractivity contribution < 1.29 is 17.9 Å². The molecular formula is C17H10Cl2F3N3O2. The smallest absolute Gasteiger partial charge is 0.437 e. The van der Waals surface area contributed by atoms with Gasteiger partial charge in [0.25, 0.3) is 5.56 Å². The molecule has 3 rings (SSSR count). The maximum Gasteiger partial charge on any atom is 0.437 e. The molecule has 10 heteroatoms. The third kappa shape index (κ3) is 4.06. The van der Waals surface area contributed by atoms with Crippen molar-refractivity contribution in [1.82, 2.24) is 15.0 Å². The van der Waals surface area contributed by atoms with Crippen LogP contribution in [0.1, 0.15) is 11.3 Å². The van der Waals surface area contributed by atoms with E-state index in [0.29, 0.717) is 5.56 Å². The molecule has 2 aromatic heterocycles. The molecule has 0 spiro atoms. The molecule has 0 aliphatic heterocycles. The summed E-state index contributed by atoms with van der Waals surface area (Å²) in [5, 5.41) is 0.315. The van der Waals surface area contributed by atoms with Crippen LogP contribution >= 0.6 is 23.2 Å². The van der Waals surface area contributed by atoms with Crippen LogP contribution in [-0.2, 0) is 6.18 Å². The van der Waals surface area contributed by atoms with Gasteiger partial charge in [0.05, 0.1) is 5.02 Å². The molecule has 0 saturated carbocycles. The van der Waals surface area contributed by atoms with Gasteiger partial charge in [-0.25, -0.2) is 4.98 Å². The molecule has 0 atom stereocenters. The minimum Gasteiger partial charge on any atom is -0.449 e. The third-order valence-corrected chi connectivity index (χ3v) is 4.20. The maximum absolute atomic E-state index is 13.5. The first kappa shape index (κ1) is 19.2. The minimum atomic E-state index is -4.95. The topological polar surface area (TPSA) is 67.9 Å². The molecule has 2 heterocycles. The first-order chi connectivity index (χ1) is 12.7. The zero-order valence-corrected chi connectivity index (χ0v) is 15.1. The summed E-state index contributed by atoms with van der Waals surface area (Å²) >= 11 is 11.9. The Kier molecular flexibility index (Phi) is 5.12. The monoisotopic (exact) mass is 415 g/mol. The van der Waals surface area contributed by atoms with Crippen LogP contribution in [0.4, 0.5) is 13.2 Å². The Bertz CT molecular complexity index is 1070. The second kappa shape index (κ2) is 7.21. The van der Waals surface area contributed by atoms with E-state index < -0.39 is 29.0 Å². The molecule has 0 bridgehead atoms. The normalized spacial score (nSPS) is 11.5. The Labute approximate surface area is 160 Å². The maximum atomic E-state index is 13.5. The van der Waals surface area contributed by atoms with Gasteiger partial charge in [-0.3, -0.25) is 9.78 Å². The summed E-state index contributed by atoms with van der Waals surface area (Å²) in [6, 6.07) is 7.15. The number of hydrogen-bond donors (Lipinski definition) is 1. The van der Waals surface area contributed by atoms with Crippen molar-refractivity contribution in [3.8, 4) is 23.0 Å². The summed E-state index contributed by atoms with van der Waals surface area (Å²) < 4.78 is 45.6. The van der Waals surface area contributed by atoms with E-state index in [1.807, 2.05) is 0 Å². The van der Waals surface area contributed by atoms with Gasteiger partial charge in [-0.15, -0.1) is 0 Å². The number of hydrogen-bond acceptors (Lipinski definition) is 4. The number of alkyl halides is 3. The Morgan fingerprint density at radius 1 is 1.15 bits per heavy atom. The molecule has 0 saturated heterocycles. The molecule has 0 aliphatic rings. The fourth-order valence-electron chi connectivity index (χ4n) is 2.18. The first-order valence-corrected chi connectivity index (χ1v) is 8.19. The first-order valence-electron chi connectivity index (χ1n) is 7.43. The largest absolute Gasteiger partial charge is 0.449 e. The standard InChI is InChI=1S/C17H10Cl2F3N3O2/c1-8-4-5-9(7-11(8)19)27-13-14(17(20,21)22)24-15(25-16(13)26)12-10(18)3-2-6-23-12/h2-7H,1H3,(H,24,25,26). The molecule has 140 valence electrons. The number of halogens is 5. The summed E-state index contributed by atoms with van der Waals surface area (Å²) in [5.41, 5.74) is -2.02. The molecule has 1 aromatic carbocycles. The molecule has 0 radical (unpaired) electrons. The molecule has 0 fully saturated rings. The molecule has 5 nitrogen and oxygen atoms in total. The Hall–Kier alpha value is -2.58. The van der Waals surface area contributed by atoms with Gasteiger partial charge in [-0.1, -0.05) is 29.3 Å². The van der Waals surface area contributed by atoms with E-state index in [4.69, 9.17) is 27.9 Å². The second-order valence-corrected chi connectivity index (χ2v) is 6.25. The lowest BCUT2D eigenvalue weighted by atomic mass is 10.2. The zero-order chi connectivity index (χ0) is 19.8. The van der Waals surface area contributed by atoms with E-state index in [0.717, 1.165) is 0 Å². The number of H-pyrrole nitrogens is 1. The molecule has 0 aliphatic carbocycles. The Morgan fingerprint density at radius 2 is 1.89 bits per heavy atom. The van der Waals surface area contributed by atoms with Crippen molar-refractivity contribution in [3.63, 3.8) is 0 Å². The average Bonchev–Trinajstić information content (AvgIpc) is 2.59.